The first-order chi connectivity index (χ1) is 5.95. The highest BCUT2D eigenvalue weighted by Gasteiger charge is 2.13. The maximum atomic E-state index is 12.9. The van der Waals surface area contributed by atoms with Gasteiger partial charge in [-0.2, -0.15) is 0 Å². The minimum Gasteiger partial charge on any atom is -0.238 e. The Bertz CT molecular complexity index is 476. The van der Waals surface area contributed by atoms with Crippen molar-refractivity contribution in [3.63, 3.8) is 0 Å². The second-order valence-corrected chi connectivity index (χ2v) is 3.80. The summed E-state index contributed by atoms with van der Waals surface area (Å²) < 4.78 is 34.4. The van der Waals surface area contributed by atoms with Crippen molar-refractivity contribution in [3.05, 3.63) is 35.4 Å². The van der Waals surface area contributed by atoms with Crippen LogP contribution in [0.1, 0.15) is 0 Å². The van der Waals surface area contributed by atoms with Crippen LogP contribution >= 0.6 is 0 Å². The van der Waals surface area contributed by atoms with Crippen LogP contribution < -0.4 is 5.14 Å². The van der Waals surface area contributed by atoms with Crippen LogP contribution in [0.3, 0.4) is 0 Å². The summed E-state index contributed by atoms with van der Waals surface area (Å²) in [5, 5.41) is 4.70. The first kappa shape index (κ1) is 9.64. The van der Waals surface area contributed by atoms with Crippen LogP contribution in [0.4, 0.5) is 10.1 Å². The van der Waals surface area contributed by atoms with Gasteiger partial charge < -0.3 is 0 Å². The first-order valence-electron chi connectivity index (χ1n) is 3.15. The molecule has 1 aromatic rings. The Hall–Kier alpha value is -1.45. The zero-order chi connectivity index (χ0) is 10.1. The molecule has 0 spiro atoms. The van der Waals surface area contributed by atoms with E-state index in [2.05, 4.69) is 4.85 Å². The molecule has 6 heteroatoms. The van der Waals surface area contributed by atoms with Crippen LogP contribution in [0.5, 0.6) is 0 Å². The maximum Gasteiger partial charge on any atom is 0.240 e. The standard InChI is InChI=1S/C7H5FN2O2S/c1-10-5-2-3-7(6(8)4-5)13(9,11)12/h2-4H,(H2,9,11,12). The van der Waals surface area contributed by atoms with Crippen molar-refractivity contribution in [2.45, 2.75) is 4.90 Å². The van der Waals surface area contributed by atoms with E-state index < -0.39 is 20.7 Å². The van der Waals surface area contributed by atoms with Crippen LogP contribution in [-0.4, -0.2) is 8.42 Å². The average molecular weight is 200 g/mol. The van der Waals surface area contributed by atoms with Gasteiger partial charge in [-0.1, -0.05) is 6.07 Å². The monoisotopic (exact) mass is 200 g/mol. The zero-order valence-corrected chi connectivity index (χ0v) is 7.18. The molecule has 0 radical (unpaired) electrons. The third-order valence-corrected chi connectivity index (χ3v) is 2.30. The lowest BCUT2D eigenvalue weighted by Gasteiger charge is -1.99. The Morgan fingerprint density at radius 2 is 2.08 bits per heavy atom. The number of benzene rings is 1. The molecular weight excluding hydrogens is 195 g/mol. The minimum absolute atomic E-state index is 0.0323. The molecule has 4 nitrogen and oxygen atoms in total. The molecule has 0 amide bonds. The molecule has 0 aliphatic rings. The third-order valence-electron chi connectivity index (χ3n) is 1.35. The SMILES string of the molecule is [C-]#[N+]c1ccc(S(N)(=O)=O)c(F)c1. The highest BCUT2D eigenvalue weighted by atomic mass is 32.2. The van der Waals surface area contributed by atoms with Gasteiger partial charge in [0, 0.05) is 0 Å². The molecule has 1 aromatic carbocycles. The molecule has 0 aliphatic heterocycles. The Labute approximate surface area is 74.7 Å². The molecule has 0 bridgehead atoms. The highest BCUT2D eigenvalue weighted by Crippen LogP contribution is 2.19. The average Bonchev–Trinajstić information content (AvgIpc) is 2.01. The summed E-state index contributed by atoms with van der Waals surface area (Å²) in [4.78, 5) is 2.33. The van der Waals surface area contributed by atoms with Crippen molar-refractivity contribution in [2.24, 2.45) is 5.14 Å². The maximum absolute atomic E-state index is 12.9. The van der Waals surface area contributed by atoms with Gasteiger partial charge in [-0.05, 0) is 12.1 Å². The number of hydrogen-bond donors (Lipinski definition) is 1. The van der Waals surface area contributed by atoms with Gasteiger partial charge in [-0.25, -0.2) is 22.8 Å². The number of nitrogens with two attached hydrogens (primary N) is 1. The Kier molecular flexibility index (Phi) is 2.32. The Morgan fingerprint density at radius 1 is 1.46 bits per heavy atom. The summed E-state index contributed by atoms with van der Waals surface area (Å²) in [6.07, 6.45) is 0. The van der Waals surface area contributed by atoms with Crippen LogP contribution in [-0.2, 0) is 10.0 Å². The summed E-state index contributed by atoms with van der Waals surface area (Å²) in [5.41, 5.74) is 0.0323. The van der Waals surface area contributed by atoms with Gasteiger partial charge in [0.1, 0.15) is 10.7 Å². The second kappa shape index (κ2) is 3.12. The van der Waals surface area contributed by atoms with E-state index in [0.29, 0.717) is 0 Å². The van der Waals surface area contributed by atoms with Crippen LogP contribution in [0.25, 0.3) is 4.85 Å². The van der Waals surface area contributed by atoms with Crippen LogP contribution in [0.2, 0.25) is 0 Å². The van der Waals surface area contributed by atoms with Gasteiger partial charge in [0.15, 0.2) is 5.69 Å². The smallest absolute Gasteiger partial charge is 0.238 e. The normalized spacial score (nSPS) is 10.8. The summed E-state index contributed by atoms with van der Waals surface area (Å²) in [6, 6.07) is 2.99. The minimum atomic E-state index is -4.04. The lowest BCUT2D eigenvalue weighted by atomic mass is 10.3. The fourth-order valence-electron chi connectivity index (χ4n) is 0.790. The molecular formula is C7H5FN2O2S. The van der Waals surface area contributed by atoms with Gasteiger partial charge >= 0.3 is 0 Å². The first-order valence-corrected chi connectivity index (χ1v) is 4.69. The number of rotatable bonds is 1. The lowest BCUT2D eigenvalue weighted by molar-refractivity contribution is 0.568. The van der Waals surface area contributed by atoms with Crippen molar-refractivity contribution in [3.8, 4) is 0 Å². The molecule has 2 N–H and O–H groups in total. The van der Waals surface area contributed by atoms with Gasteiger partial charge in [0.25, 0.3) is 0 Å². The molecule has 0 atom stereocenters. The molecule has 13 heavy (non-hydrogen) atoms. The Morgan fingerprint density at radius 3 is 2.46 bits per heavy atom. The predicted octanol–water partition coefficient (Wildman–Crippen LogP) is 1.02. The van der Waals surface area contributed by atoms with E-state index in [0.717, 1.165) is 12.1 Å². The fraction of sp³-hybridized carbons (Fsp3) is 0. The largest absolute Gasteiger partial charge is 0.240 e. The van der Waals surface area contributed by atoms with E-state index >= 15 is 0 Å². The summed E-state index contributed by atoms with van der Waals surface area (Å²) in [7, 11) is -4.04. The molecule has 0 unspecified atom stereocenters. The van der Waals surface area contributed by atoms with Crippen molar-refractivity contribution in [2.75, 3.05) is 0 Å². The van der Waals surface area contributed by atoms with Gasteiger partial charge in [-0.3, -0.25) is 0 Å². The molecule has 1 rings (SSSR count). The fourth-order valence-corrected chi connectivity index (χ4v) is 1.38. The third kappa shape index (κ3) is 2.02. The highest BCUT2D eigenvalue weighted by molar-refractivity contribution is 7.89. The van der Waals surface area contributed by atoms with Crippen molar-refractivity contribution in [1.29, 1.82) is 0 Å². The second-order valence-electron chi connectivity index (χ2n) is 2.27. The number of primary sulfonamides is 1. The number of sulfonamides is 1. The molecule has 0 saturated heterocycles. The summed E-state index contributed by atoms with van der Waals surface area (Å²) >= 11 is 0. The predicted molar refractivity (Wildman–Crippen MR) is 44.0 cm³/mol. The summed E-state index contributed by atoms with van der Waals surface area (Å²) in [6.45, 7) is 6.54. The van der Waals surface area contributed by atoms with E-state index in [9.17, 15) is 12.8 Å². The zero-order valence-electron chi connectivity index (χ0n) is 6.36. The van der Waals surface area contributed by atoms with E-state index in [-0.39, 0.29) is 5.69 Å². The molecule has 0 fully saturated rings. The number of halogens is 1. The van der Waals surface area contributed by atoms with E-state index in [1.165, 1.54) is 6.07 Å². The van der Waals surface area contributed by atoms with Crippen molar-refractivity contribution < 1.29 is 12.8 Å². The number of hydrogen-bond acceptors (Lipinski definition) is 2. The van der Waals surface area contributed by atoms with Gasteiger partial charge in [0.2, 0.25) is 10.0 Å². The molecule has 0 aliphatic carbocycles. The van der Waals surface area contributed by atoms with E-state index in [1.807, 2.05) is 0 Å². The molecule has 0 heterocycles. The number of nitrogens with zero attached hydrogens (tertiary/aromatic N) is 1. The van der Waals surface area contributed by atoms with Crippen molar-refractivity contribution >= 4 is 15.7 Å². The molecule has 0 saturated carbocycles. The molecule has 68 valence electrons. The Balaban J connectivity index is 3.40. The lowest BCUT2D eigenvalue weighted by Crippen LogP contribution is -2.13. The quantitative estimate of drug-likeness (QED) is 0.688. The topological polar surface area (TPSA) is 64.5 Å². The van der Waals surface area contributed by atoms with E-state index in [4.69, 9.17) is 11.7 Å². The van der Waals surface area contributed by atoms with Gasteiger partial charge in [0.05, 0.1) is 6.57 Å². The van der Waals surface area contributed by atoms with Crippen molar-refractivity contribution in [1.82, 2.24) is 0 Å². The van der Waals surface area contributed by atoms with Crippen LogP contribution in [0, 0.1) is 12.4 Å². The summed E-state index contributed by atoms with van der Waals surface area (Å²) in [5.74, 6) is -1.00. The molecule has 0 aromatic heterocycles. The van der Waals surface area contributed by atoms with Gasteiger partial charge in [-0.15, -0.1) is 0 Å². The van der Waals surface area contributed by atoms with Crippen LogP contribution in [0.15, 0.2) is 23.1 Å². The van der Waals surface area contributed by atoms with E-state index in [1.54, 1.807) is 0 Å².